The van der Waals surface area contributed by atoms with Crippen LogP contribution in [0.3, 0.4) is 0 Å². The van der Waals surface area contributed by atoms with Crippen LogP contribution in [0.2, 0.25) is 0 Å². The molecule has 0 saturated heterocycles. The van der Waals surface area contributed by atoms with E-state index in [-0.39, 0.29) is 11.8 Å². The maximum Gasteiger partial charge on any atom is 0.331 e. The van der Waals surface area contributed by atoms with Crippen LogP contribution in [0.5, 0.6) is 0 Å². The van der Waals surface area contributed by atoms with E-state index in [1.54, 1.807) is 12.3 Å². The first-order valence-corrected chi connectivity index (χ1v) is 9.40. The van der Waals surface area contributed by atoms with Crippen LogP contribution in [0, 0.1) is 5.92 Å². The molecule has 1 atom stereocenters. The first-order chi connectivity index (χ1) is 13.1. The Morgan fingerprint density at radius 2 is 2.00 bits per heavy atom. The molecule has 4 rings (SSSR count). The van der Waals surface area contributed by atoms with Crippen molar-refractivity contribution in [2.75, 3.05) is 11.9 Å². The summed E-state index contributed by atoms with van der Waals surface area (Å²) in [5.74, 6) is 0.347. The second-order valence-electron chi connectivity index (χ2n) is 7.23. The number of carbonyl (C=O) groups is 2. The molecule has 2 aromatic heterocycles. The Labute approximate surface area is 157 Å². The molecule has 1 amide bonds. The van der Waals surface area contributed by atoms with Crippen LogP contribution in [0.25, 0.3) is 0 Å². The molecule has 1 fully saturated rings. The van der Waals surface area contributed by atoms with Gasteiger partial charge >= 0.3 is 5.97 Å². The molecule has 2 N–H and O–H groups in total. The standard InChI is InChI=1S/C20H23N3O4/c24-19(23-11-8-16-15(9-12-27-16)18(23)20(25)26)13-4-6-14(7-5-13)22-17-3-1-2-10-21-17/h1-3,9-10,12-14,18H,4-8,11H2,(H,21,22)(H,25,26). The highest BCUT2D eigenvalue weighted by molar-refractivity contribution is 5.86. The summed E-state index contributed by atoms with van der Waals surface area (Å²) in [6, 6.07) is 6.78. The van der Waals surface area contributed by atoms with Gasteiger partial charge in [-0.25, -0.2) is 9.78 Å². The van der Waals surface area contributed by atoms with Crippen LogP contribution >= 0.6 is 0 Å². The number of fused-ring (bicyclic) bond motifs is 1. The van der Waals surface area contributed by atoms with Crippen LogP contribution in [0.15, 0.2) is 41.1 Å². The van der Waals surface area contributed by atoms with Gasteiger partial charge in [-0.05, 0) is 43.9 Å². The van der Waals surface area contributed by atoms with E-state index >= 15 is 0 Å². The number of nitrogens with zero attached hydrogens (tertiary/aromatic N) is 2. The van der Waals surface area contributed by atoms with Gasteiger partial charge < -0.3 is 19.7 Å². The third-order valence-electron chi connectivity index (χ3n) is 5.58. The van der Waals surface area contributed by atoms with E-state index < -0.39 is 12.0 Å². The Morgan fingerprint density at radius 3 is 2.70 bits per heavy atom. The van der Waals surface area contributed by atoms with E-state index in [0.29, 0.717) is 30.3 Å². The van der Waals surface area contributed by atoms with Crippen molar-refractivity contribution < 1.29 is 19.1 Å². The molecular formula is C20H23N3O4. The van der Waals surface area contributed by atoms with Gasteiger partial charge in [0.25, 0.3) is 0 Å². The average Bonchev–Trinajstić information content (AvgIpc) is 3.16. The van der Waals surface area contributed by atoms with Crippen molar-refractivity contribution in [2.45, 2.75) is 44.2 Å². The summed E-state index contributed by atoms with van der Waals surface area (Å²) in [7, 11) is 0. The summed E-state index contributed by atoms with van der Waals surface area (Å²) in [4.78, 5) is 30.7. The molecule has 142 valence electrons. The molecule has 2 aliphatic rings. The van der Waals surface area contributed by atoms with Crippen molar-refractivity contribution in [3.63, 3.8) is 0 Å². The predicted octanol–water partition coefficient (Wildman–Crippen LogP) is 2.86. The minimum Gasteiger partial charge on any atom is -0.479 e. The highest BCUT2D eigenvalue weighted by atomic mass is 16.4. The number of carboxylic acid groups (broad SMARTS) is 1. The lowest BCUT2D eigenvalue weighted by Gasteiger charge is -2.37. The van der Waals surface area contributed by atoms with Gasteiger partial charge in [-0.1, -0.05) is 6.07 Å². The van der Waals surface area contributed by atoms with Crippen LogP contribution in [0.4, 0.5) is 5.82 Å². The molecule has 1 aliphatic carbocycles. The number of aromatic nitrogens is 1. The van der Waals surface area contributed by atoms with Gasteiger partial charge in [0.2, 0.25) is 5.91 Å². The van der Waals surface area contributed by atoms with Crippen molar-refractivity contribution in [1.29, 1.82) is 0 Å². The molecule has 0 radical (unpaired) electrons. The Bertz CT molecular complexity index is 812. The molecular weight excluding hydrogens is 346 g/mol. The molecule has 27 heavy (non-hydrogen) atoms. The second kappa shape index (κ2) is 7.42. The fourth-order valence-corrected chi connectivity index (χ4v) is 4.20. The zero-order valence-corrected chi connectivity index (χ0v) is 15.0. The van der Waals surface area contributed by atoms with Gasteiger partial charge in [0, 0.05) is 36.7 Å². The van der Waals surface area contributed by atoms with Crippen molar-refractivity contribution in [1.82, 2.24) is 9.88 Å². The van der Waals surface area contributed by atoms with Crippen molar-refractivity contribution in [3.8, 4) is 0 Å². The lowest BCUT2D eigenvalue weighted by Crippen LogP contribution is -2.46. The molecule has 0 aromatic carbocycles. The molecule has 1 unspecified atom stereocenters. The zero-order valence-electron chi connectivity index (χ0n) is 15.0. The average molecular weight is 369 g/mol. The number of anilines is 1. The third kappa shape index (κ3) is 3.54. The maximum atomic E-state index is 13.1. The highest BCUT2D eigenvalue weighted by Gasteiger charge is 2.40. The number of carboxylic acids is 1. The fraction of sp³-hybridized carbons (Fsp3) is 0.450. The number of nitrogens with one attached hydrogen (secondary N) is 1. The Balaban J connectivity index is 1.40. The van der Waals surface area contributed by atoms with Crippen molar-refractivity contribution in [3.05, 3.63) is 48.0 Å². The van der Waals surface area contributed by atoms with Crippen LogP contribution in [-0.4, -0.2) is 39.5 Å². The topological polar surface area (TPSA) is 95.7 Å². The number of carbonyl (C=O) groups excluding carboxylic acids is 1. The molecule has 7 heteroatoms. The SMILES string of the molecule is O=C(O)C1c2ccoc2CCN1C(=O)C1CCC(Nc2ccccn2)CC1. The van der Waals surface area contributed by atoms with Gasteiger partial charge in [-0.3, -0.25) is 4.79 Å². The molecule has 3 heterocycles. The molecule has 2 aromatic rings. The van der Waals surface area contributed by atoms with E-state index in [0.717, 1.165) is 31.5 Å². The van der Waals surface area contributed by atoms with Gasteiger partial charge in [-0.2, -0.15) is 0 Å². The van der Waals surface area contributed by atoms with Gasteiger partial charge in [0.05, 0.1) is 6.26 Å². The maximum absolute atomic E-state index is 13.1. The number of hydrogen-bond donors (Lipinski definition) is 2. The largest absolute Gasteiger partial charge is 0.479 e. The Hall–Kier alpha value is -2.83. The van der Waals surface area contributed by atoms with Gasteiger partial charge in [-0.15, -0.1) is 0 Å². The molecule has 1 aliphatic heterocycles. The molecule has 0 spiro atoms. The van der Waals surface area contributed by atoms with Crippen LogP contribution < -0.4 is 5.32 Å². The summed E-state index contributed by atoms with van der Waals surface area (Å²) in [5.41, 5.74) is 0.604. The molecule has 7 nitrogen and oxygen atoms in total. The van der Waals surface area contributed by atoms with E-state index in [2.05, 4.69) is 10.3 Å². The minimum atomic E-state index is -1.00. The summed E-state index contributed by atoms with van der Waals surface area (Å²) in [6.45, 7) is 0.391. The van der Waals surface area contributed by atoms with Crippen LogP contribution in [0.1, 0.15) is 43.0 Å². The zero-order chi connectivity index (χ0) is 18.8. The number of rotatable bonds is 4. The lowest BCUT2D eigenvalue weighted by molar-refractivity contribution is -0.153. The van der Waals surface area contributed by atoms with E-state index in [4.69, 9.17) is 4.42 Å². The predicted molar refractivity (Wildman–Crippen MR) is 98.1 cm³/mol. The van der Waals surface area contributed by atoms with Crippen LogP contribution in [-0.2, 0) is 16.0 Å². The molecule has 1 saturated carbocycles. The minimum absolute atomic E-state index is 0.0504. The Kier molecular flexibility index (Phi) is 4.83. The summed E-state index contributed by atoms with van der Waals surface area (Å²) >= 11 is 0. The van der Waals surface area contributed by atoms with Crippen molar-refractivity contribution in [2.24, 2.45) is 5.92 Å². The number of amides is 1. The normalized spacial score (nSPS) is 24.9. The first kappa shape index (κ1) is 17.6. The van der Waals surface area contributed by atoms with Crippen molar-refractivity contribution >= 4 is 17.7 Å². The van der Waals surface area contributed by atoms with E-state index in [1.165, 1.54) is 11.2 Å². The second-order valence-corrected chi connectivity index (χ2v) is 7.23. The van der Waals surface area contributed by atoms with Gasteiger partial charge in [0.15, 0.2) is 6.04 Å². The highest BCUT2D eigenvalue weighted by Crippen LogP contribution is 2.35. The number of furan rings is 1. The number of aliphatic carboxylic acids is 1. The lowest BCUT2D eigenvalue weighted by atomic mass is 9.84. The summed E-state index contributed by atoms with van der Waals surface area (Å²) in [5, 5.41) is 13.1. The van der Waals surface area contributed by atoms with E-state index in [9.17, 15) is 14.7 Å². The summed E-state index contributed by atoms with van der Waals surface area (Å²) < 4.78 is 5.37. The summed E-state index contributed by atoms with van der Waals surface area (Å²) in [6.07, 6.45) is 7.07. The van der Waals surface area contributed by atoms with E-state index in [1.807, 2.05) is 18.2 Å². The number of hydrogen-bond acceptors (Lipinski definition) is 5. The Morgan fingerprint density at radius 1 is 1.19 bits per heavy atom. The monoisotopic (exact) mass is 369 g/mol. The fourth-order valence-electron chi connectivity index (χ4n) is 4.20. The van der Waals surface area contributed by atoms with Gasteiger partial charge in [0.1, 0.15) is 11.6 Å². The molecule has 0 bridgehead atoms. The number of pyridine rings is 1. The first-order valence-electron chi connectivity index (χ1n) is 9.40. The smallest absolute Gasteiger partial charge is 0.331 e. The quantitative estimate of drug-likeness (QED) is 0.860. The third-order valence-corrected chi connectivity index (χ3v) is 5.58.